The zero-order chi connectivity index (χ0) is 20.3. The monoisotopic (exact) mass is 428 g/mol. The van der Waals surface area contributed by atoms with Crippen molar-refractivity contribution >= 4 is 37.1 Å². The molecule has 1 heterocycles. The third-order valence-electron chi connectivity index (χ3n) is 5.73. The van der Waals surface area contributed by atoms with Crippen LogP contribution in [0, 0.1) is 5.92 Å². The Morgan fingerprint density at radius 1 is 1.07 bits per heavy atom. The van der Waals surface area contributed by atoms with Crippen LogP contribution in [0.25, 0.3) is 10.1 Å². The van der Waals surface area contributed by atoms with Crippen LogP contribution >= 0.6 is 11.3 Å². The van der Waals surface area contributed by atoms with Crippen LogP contribution in [-0.2, 0) is 16.6 Å². The Morgan fingerprint density at radius 2 is 1.79 bits per heavy atom. The Labute approximate surface area is 177 Å². The van der Waals surface area contributed by atoms with Gasteiger partial charge in [0.15, 0.2) is 0 Å². The smallest absolute Gasteiger partial charge is 0.271 e. The maximum Gasteiger partial charge on any atom is 0.271 e. The zero-order valence-corrected chi connectivity index (χ0v) is 18.4. The summed E-state index contributed by atoms with van der Waals surface area (Å²) in [5.74, 6) is 0.833. The van der Waals surface area contributed by atoms with Crippen LogP contribution in [0.4, 0.5) is 5.69 Å². The van der Waals surface area contributed by atoms with Crippen molar-refractivity contribution in [2.45, 2.75) is 55.8 Å². The standard InChI is InChI=1S/C23H28N2O2S2/c1-17(14-18-8-2-3-9-18)24-16-20-11-4-6-12-21(20)25-29(26,27)23-15-19-10-5-7-13-22(19)28-23/h4-7,10-13,15,17-18,24-25H,2-3,8-9,14,16H2,1H3/t17-/m0/s1. The van der Waals surface area contributed by atoms with Crippen LogP contribution in [-0.4, -0.2) is 14.5 Å². The van der Waals surface area contributed by atoms with Gasteiger partial charge in [0.25, 0.3) is 10.0 Å². The van der Waals surface area contributed by atoms with Crippen molar-refractivity contribution in [3.63, 3.8) is 0 Å². The highest BCUT2D eigenvalue weighted by Gasteiger charge is 2.20. The van der Waals surface area contributed by atoms with Gasteiger partial charge in [-0.3, -0.25) is 4.72 Å². The molecule has 0 aliphatic heterocycles. The van der Waals surface area contributed by atoms with Gasteiger partial charge in [-0.05, 0) is 48.4 Å². The highest BCUT2D eigenvalue weighted by molar-refractivity contribution is 7.94. The second-order valence-corrected chi connectivity index (χ2v) is 11.0. The van der Waals surface area contributed by atoms with Gasteiger partial charge in [-0.25, -0.2) is 8.42 Å². The highest BCUT2D eigenvalue weighted by atomic mass is 32.2. The largest absolute Gasteiger partial charge is 0.310 e. The molecule has 29 heavy (non-hydrogen) atoms. The number of sulfonamides is 1. The van der Waals surface area contributed by atoms with E-state index in [1.807, 2.05) is 48.5 Å². The van der Waals surface area contributed by atoms with Gasteiger partial charge in [0.05, 0.1) is 5.69 Å². The van der Waals surface area contributed by atoms with Gasteiger partial charge in [0, 0.05) is 17.3 Å². The minimum absolute atomic E-state index is 0.344. The van der Waals surface area contributed by atoms with Crippen LogP contribution in [0.1, 0.15) is 44.6 Å². The lowest BCUT2D eigenvalue weighted by Gasteiger charge is -2.19. The van der Waals surface area contributed by atoms with E-state index in [1.54, 1.807) is 6.07 Å². The second kappa shape index (κ2) is 8.86. The molecule has 4 nitrogen and oxygen atoms in total. The van der Waals surface area contributed by atoms with E-state index in [9.17, 15) is 8.42 Å². The number of anilines is 1. The maximum atomic E-state index is 13.0. The van der Waals surface area contributed by atoms with Crippen molar-refractivity contribution in [3.8, 4) is 0 Å². The van der Waals surface area contributed by atoms with Crippen LogP contribution in [0.2, 0.25) is 0 Å². The van der Waals surface area contributed by atoms with Crippen LogP contribution in [0.15, 0.2) is 58.8 Å². The molecule has 1 atom stereocenters. The average molecular weight is 429 g/mol. The first kappa shape index (κ1) is 20.4. The molecule has 0 bridgehead atoms. The molecule has 1 saturated carbocycles. The van der Waals surface area contributed by atoms with Crippen LogP contribution in [0.5, 0.6) is 0 Å². The molecule has 4 rings (SSSR count). The van der Waals surface area contributed by atoms with Crippen molar-refractivity contribution < 1.29 is 8.42 Å². The van der Waals surface area contributed by atoms with Crippen molar-refractivity contribution in [3.05, 3.63) is 60.2 Å². The Balaban J connectivity index is 1.45. The van der Waals surface area contributed by atoms with E-state index in [1.165, 1.54) is 43.4 Å². The summed E-state index contributed by atoms with van der Waals surface area (Å²) in [7, 11) is -3.61. The molecule has 0 spiro atoms. The predicted molar refractivity (Wildman–Crippen MR) is 122 cm³/mol. The number of fused-ring (bicyclic) bond motifs is 1. The summed E-state index contributed by atoms with van der Waals surface area (Å²) in [5.41, 5.74) is 1.61. The topological polar surface area (TPSA) is 58.2 Å². The highest BCUT2D eigenvalue weighted by Crippen LogP contribution is 2.31. The minimum atomic E-state index is -3.61. The summed E-state index contributed by atoms with van der Waals surface area (Å²) >= 11 is 1.30. The Bertz CT molecular complexity index is 1040. The number of hydrogen-bond donors (Lipinski definition) is 2. The molecule has 0 radical (unpaired) electrons. The van der Waals surface area contributed by atoms with Crippen molar-refractivity contribution in [1.82, 2.24) is 5.32 Å². The molecule has 2 aromatic carbocycles. The van der Waals surface area contributed by atoms with Gasteiger partial charge in [0.2, 0.25) is 0 Å². The molecule has 1 aliphatic carbocycles. The SMILES string of the molecule is C[C@@H](CC1CCCC1)NCc1ccccc1NS(=O)(=O)c1cc2ccccc2s1. The summed E-state index contributed by atoms with van der Waals surface area (Å²) in [5, 5.41) is 4.53. The van der Waals surface area contributed by atoms with E-state index >= 15 is 0 Å². The number of thiophene rings is 1. The minimum Gasteiger partial charge on any atom is -0.310 e. The fraction of sp³-hybridized carbons (Fsp3) is 0.391. The first-order valence-corrected chi connectivity index (χ1v) is 12.6. The molecular weight excluding hydrogens is 400 g/mol. The number of benzene rings is 2. The lowest BCUT2D eigenvalue weighted by molar-refractivity contribution is 0.404. The van der Waals surface area contributed by atoms with E-state index in [2.05, 4.69) is 17.0 Å². The maximum absolute atomic E-state index is 13.0. The van der Waals surface area contributed by atoms with Gasteiger partial charge in [-0.1, -0.05) is 62.1 Å². The summed E-state index contributed by atoms with van der Waals surface area (Å²) in [6.07, 6.45) is 6.60. The number of hydrogen-bond acceptors (Lipinski definition) is 4. The lowest BCUT2D eigenvalue weighted by Crippen LogP contribution is -2.28. The van der Waals surface area contributed by atoms with E-state index < -0.39 is 10.0 Å². The normalized spacial score (nSPS) is 16.3. The Kier molecular flexibility index (Phi) is 6.23. The van der Waals surface area contributed by atoms with E-state index in [0.29, 0.717) is 22.5 Å². The fourth-order valence-corrected chi connectivity index (χ4v) is 6.67. The van der Waals surface area contributed by atoms with E-state index in [0.717, 1.165) is 21.6 Å². The average Bonchev–Trinajstić information content (AvgIpc) is 3.37. The van der Waals surface area contributed by atoms with Crippen molar-refractivity contribution in [1.29, 1.82) is 0 Å². The van der Waals surface area contributed by atoms with Crippen LogP contribution in [0.3, 0.4) is 0 Å². The molecule has 3 aromatic rings. The van der Waals surface area contributed by atoms with Crippen molar-refractivity contribution in [2.24, 2.45) is 5.92 Å². The second-order valence-electron chi connectivity index (χ2n) is 8.03. The van der Waals surface area contributed by atoms with E-state index in [-0.39, 0.29) is 0 Å². The quantitative estimate of drug-likeness (QED) is 0.479. The molecule has 1 aromatic heterocycles. The van der Waals surface area contributed by atoms with Gasteiger partial charge in [-0.15, -0.1) is 11.3 Å². The van der Waals surface area contributed by atoms with Gasteiger partial charge < -0.3 is 5.32 Å². The first-order valence-electron chi connectivity index (χ1n) is 10.3. The van der Waals surface area contributed by atoms with E-state index in [4.69, 9.17) is 0 Å². The predicted octanol–water partition coefficient (Wildman–Crippen LogP) is 5.76. The van der Waals surface area contributed by atoms with Gasteiger partial charge >= 0.3 is 0 Å². The Morgan fingerprint density at radius 3 is 2.59 bits per heavy atom. The summed E-state index contributed by atoms with van der Waals surface area (Å²) in [6, 6.07) is 17.5. The molecule has 1 aliphatic rings. The summed E-state index contributed by atoms with van der Waals surface area (Å²) in [4.78, 5) is 0. The van der Waals surface area contributed by atoms with Gasteiger partial charge in [-0.2, -0.15) is 0 Å². The molecule has 154 valence electrons. The summed E-state index contributed by atoms with van der Waals surface area (Å²) in [6.45, 7) is 2.88. The third-order valence-corrected chi connectivity index (χ3v) is 8.69. The molecule has 0 saturated heterocycles. The van der Waals surface area contributed by atoms with Crippen LogP contribution < -0.4 is 10.0 Å². The molecule has 1 fully saturated rings. The van der Waals surface area contributed by atoms with Crippen molar-refractivity contribution in [2.75, 3.05) is 4.72 Å². The van der Waals surface area contributed by atoms with Gasteiger partial charge in [0.1, 0.15) is 4.21 Å². The zero-order valence-electron chi connectivity index (χ0n) is 16.7. The Hall–Kier alpha value is -1.89. The number of nitrogens with one attached hydrogen (secondary N) is 2. The number of rotatable bonds is 8. The first-order chi connectivity index (χ1) is 14.0. The molecule has 0 amide bonds. The summed E-state index contributed by atoms with van der Waals surface area (Å²) < 4.78 is 30.1. The molecule has 6 heteroatoms. The molecule has 0 unspecified atom stereocenters. The molecule has 2 N–H and O–H groups in total. The number of para-hydroxylation sites is 1. The lowest BCUT2D eigenvalue weighted by atomic mass is 9.99. The third kappa shape index (κ3) is 5.00. The fourth-order valence-electron chi connectivity index (χ4n) is 4.17. The molecular formula is C23H28N2O2S2.